The quantitative estimate of drug-likeness (QED) is 0.304. The molecule has 3 aromatic rings. The average Bonchev–Trinajstić information content (AvgIpc) is 3.30. The van der Waals surface area contributed by atoms with Crippen LogP contribution in [-0.2, 0) is 17.9 Å². The van der Waals surface area contributed by atoms with Crippen molar-refractivity contribution in [1.29, 1.82) is 0 Å². The summed E-state index contributed by atoms with van der Waals surface area (Å²) in [5.41, 5.74) is 2.46. The van der Waals surface area contributed by atoms with Crippen LogP contribution in [0.1, 0.15) is 48.1 Å². The molecule has 9 heteroatoms. The fourth-order valence-corrected chi connectivity index (χ4v) is 5.78. The Labute approximate surface area is 231 Å². The number of thiophene rings is 1. The van der Waals surface area contributed by atoms with Gasteiger partial charge in [0.05, 0.1) is 16.6 Å². The molecule has 4 rings (SSSR count). The molecule has 3 amide bonds. The summed E-state index contributed by atoms with van der Waals surface area (Å²) in [6, 6.07) is 12.7. The highest BCUT2D eigenvalue weighted by molar-refractivity contribution is 7.10. The number of carbonyl (C=O) groups excluding carboxylic acids is 2. The van der Waals surface area contributed by atoms with Crippen LogP contribution in [0.3, 0.4) is 0 Å². The maximum absolute atomic E-state index is 13.8. The van der Waals surface area contributed by atoms with E-state index >= 15 is 0 Å². The SMILES string of the molecule is Cc1ccsc1CN(Cc1ccc(F)cc1)C(=O)CN(C(=O)Nc1ccc(Cl)c(Cl)c1)C1CCCCC1. The number of hydrogen-bond donors (Lipinski definition) is 1. The van der Waals surface area contributed by atoms with E-state index < -0.39 is 0 Å². The Morgan fingerprint density at radius 1 is 1.00 bits per heavy atom. The molecule has 1 N–H and O–H groups in total. The fourth-order valence-electron chi connectivity index (χ4n) is 4.56. The highest BCUT2D eigenvalue weighted by Crippen LogP contribution is 2.27. The van der Waals surface area contributed by atoms with E-state index in [0.717, 1.165) is 48.1 Å². The Hall–Kier alpha value is -2.61. The number of urea groups is 1. The van der Waals surface area contributed by atoms with Gasteiger partial charge in [0.15, 0.2) is 0 Å². The third-order valence-electron chi connectivity index (χ3n) is 6.69. The second kappa shape index (κ2) is 12.8. The number of anilines is 1. The maximum Gasteiger partial charge on any atom is 0.322 e. The summed E-state index contributed by atoms with van der Waals surface area (Å²) in [6.45, 7) is 2.71. The lowest BCUT2D eigenvalue weighted by Crippen LogP contribution is -2.49. The molecular formula is C28H30Cl2FN3O2S. The first-order valence-electron chi connectivity index (χ1n) is 12.4. The van der Waals surface area contributed by atoms with Gasteiger partial charge in [-0.2, -0.15) is 0 Å². The van der Waals surface area contributed by atoms with Gasteiger partial charge in [-0.25, -0.2) is 9.18 Å². The predicted molar refractivity (Wildman–Crippen MR) is 149 cm³/mol. The Kier molecular flexibility index (Phi) is 9.46. The van der Waals surface area contributed by atoms with Crippen LogP contribution >= 0.6 is 34.5 Å². The lowest BCUT2D eigenvalue weighted by molar-refractivity contribution is -0.133. The number of benzene rings is 2. The second-order valence-corrected chi connectivity index (χ2v) is 11.2. The van der Waals surface area contributed by atoms with Gasteiger partial charge < -0.3 is 15.1 Å². The standard InChI is InChI=1S/C28H30Cl2FN3O2S/c1-19-13-14-37-26(19)17-33(16-20-7-9-21(31)10-8-20)27(35)18-34(23-5-3-2-4-6-23)28(36)32-22-11-12-24(29)25(30)15-22/h7-15,23H,2-6,16-18H2,1H3,(H,32,36). The minimum Gasteiger partial charge on any atom is -0.332 e. The molecule has 2 aromatic carbocycles. The van der Waals surface area contributed by atoms with Gasteiger partial charge in [0, 0.05) is 23.2 Å². The van der Waals surface area contributed by atoms with Gasteiger partial charge in [-0.15, -0.1) is 11.3 Å². The normalized spacial score (nSPS) is 13.8. The Bertz CT molecular complexity index is 1230. The summed E-state index contributed by atoms with van der Waals surface area (Å²) in [5, 5.41) is 5.65. The Morgan fingerprint density at radius 3 is 2.38 bits per heavy atom. The smallest absolute Gasteiger partial charge is 0.322 e. The number of nitrogens with zero attached hydrogens (tertiary/aromatic N) is 2. The van der Waals surface area contributed by atoms with Crippen LogP contribution in [0.4, 0.5) is 14.9 Å². The van der Waals surface area contributed by atoms with Crippen molar-refractivity contribution >= 4 is 52.2 Å². The van der Waals surface area contributed by atoms with Gasteiger partial charge in [-0.1, -0.05) is 54.6 Å². The Morgan fingerprint density at radius 2 is 1.73 bits per heavy atom. The van der Waals surface area contributed by atoms with Crippen LogP contribution in [0.2, 0.25) is 10.0 Å². The summed E-state index contributed by atoms with van der Waals surface area (Å²) in [7, 11) is 0. The first-order valence-corrected chi connectivity index (χ1v) is 14.0. The molecule has 0 spiro atoms. The second-order valence-electron chi connectivity index (χ2n) is 9.38. The van der Waals surface area contributed by atoms with Crippen LogP contribution < -0.4 is 5.32 Å². The third kappa shape index (κ3) is 7.46. The highest BCUT2D eigenvalue weighted by Gasteiger charge is 2.29. The summed E-state index contributed by atoms with van der Waals surface area (Å²) in [4.78, 5) is 31.7. The predicted octanol–water partition coefficient (Wildman–Crippen LogP) is 7.90. The van der Waals surface area contributed by atoms with Gasteiger partial charge in [0.2, 0.25) is 5.91 Å². The van der Waals surface area contributed by atoms with Crippen molar-refractivity contribution in [2.24, 2.45) is 0 Å². The van der Waals surface area contributed by atoms with Gasteiger partial charge in [-0.05, 0) is 72.7 Å². The molecule has 37 heavy (non-hydrogen) atoms. The van der Waals surface area contributed by atoms with E-state index in [2.05, 4.69) is 5.32 Å². The van der Waals surface area contributed by atoms with Crippen molar-refractivity contribution < 1.29 is 14.0 Å². The first-order chi connectivity index (χ1) is 17.8. The molecule has 0 saturated heterocycles. The molecule has 5 nitrogen and oxygen atoms in total. The summed E-state index contributed by atoms with van der Waals surface area (Å²) >= 11 is 13.8. The number of hydrogen-bond acceptors (Lipinski definition) is 3. The molecule has 1 aliphatic rings. The first kappa shape index (κ1) is 27.4. The van der Waals surface area contributed by atoms with Crippen molar-refractivity contribution in [2.45, 2.75) is 58.2 Å². The zero-order chi connectivity index (χ0) is 26.4. The van der Waals surface area contributed by atoms with E-state index in [9.17, 15) is 14.0 Å². The molecule has 196 valence electrons. The molecule has 0 atom stereocenters. The zero-order valence-corrected chi connectivity index (χ0v) is 23.0. The lowest BCUT2D eigenvalue weighted by atomic mass is 9.94. The number of amides is 3. The van der Waals surface area contributed by atoms with Crippen LogP contribution in [0, 0.1) is 12.7 Å². The number of aryl methyl sites for hydroxylation is 1. The Balaban J connectivity index is 1.55. The van der Waals surface area contributed by atoms with Gasteiger partial charge >= 0.3 is 6.03 Å². The summed E-state index contributed by atoms with van der Waals surface area (Å²) in [5.74, 6) is -0.481. The van der Waals surface area contributed by atoms with E-state index in [1.807, 2.05) is 18.4 Å². The zero-order valence-electron chi connectivity index (χ0n) is 20.7. The summed E-state index contributed by atoms with van der Waals surface area (Å²) < 4.78 is 13.5. The molecule has 1 fully saturated rings. The van der Waals surface area contributed by atoms with Gasteiger partial charge in [0.1, 0.15) is 12.4 Å². The molecule has 1 aliphatic carbocycles. The molecule has 1 heterocycles. The fraction of sp³-hybridized carbons (Fsp3) is 0.357. The van der Waals surface area contributed by atoms with Gasteiger partial charge in [0.25, 0.3) is 0 Å². The topological polar surface area (TPSA) is 52.7 Å². The molecule has 0 bridgehead atoms. The minimum atomic E-state index is -0.340. The molecule has 1 saturated carbocycles. The van der Waals surface area contributed by atoms with Crippen molar-refractivity contribution in [3.8, 4) is 0 Å². The van der Waals surface area contributed by atoms with Crippen LogP contribution in [0.5, 0.6) is 0 Å². The number of rotatable bonds is 8. The minimum absolute atomic E-state index is 0.0309. The van der Waals surface area contributed by atoms with E-state index in [0.29, 0.717) is 28.8 Å². The van der Waals surface area contributed by atoms with E-state index in [1.165, 1.54) is 12.1 Å². The van der Waals surface area contributed by atoms with Crippen molar-refractivity contribution in [3.63, 3.8) is 0 Å². The van der Waals surface area contributed by atoms with E-state index in [1.54, 1.807) is 51.5 Å². The van der Waals surface area contributed by atoms with Crippen LogP contribution in [0.15, 0.2) is 53.9 Å². The summed E-state index contributed by atoms with van der Waals surface area (Å²) in [6.07, 6.45) is 4.86. The van der Waals surface area contributed by atoms with E-state index in [4.69, 9.17) is 23.2 Å². The monoisotopic (exact) mass is 561 g/mol. The van der Waals surface area contributed by atoms with Crippen molar-refractivity contribution in [2.75, 3.05) is 11.9 Å². The van der Waals surface area contributed by atoms with Crippen molar-refractivity contribution in [1.82, 2.24) is 9.80 Å². The lowest BCUT2D eigenvalue weighted by Gasteiger charge is -2.35. The van der Waals surface area contributed by atoms with Crippen LogP contribution in [-0.4, -0.2) is 34.3 Å². The number of halogens is 3. The molecular weight excluding hydrogens is 532 g/mol. The highest BCUT2D eigenvalue weighted by atomic mass is 35.5. The number of carbonyl (C=O) groups is 2. The van der Waals surface area contributed by atoms with Gasteiger partial charge in [-0.3, -0.25) is 4.79 Å². The van der Waals surface area contributed by atoms with Crippen LogP contribution in [0.25, 0.3) is 0 Å². The molecule has 0 unspecified atom stereocenters. The molecule has 1 aromatic heterocycles. The largest absolute Gasteiger partial charge is 0.332 e. The maximum atomic E-state index is 13.8. The third-order valence-corrected chi connectivity index (χ3v) is 8.44. The van der Waals surface area contributed by atoms with Crippen molar-refractivity contribution in [3.05, 3.63) is 85.8 Å². The molecule has 0 aliphatic heterocycles. The number of nitrogens with one attached hydrogen (secondary N) is 1. The average molecular weight is 563 g/mol. The van der Waals surface area contributed by atoms with E-state index in [-0.39, 0.29) is 30.3 Å². The molecule has 0 radical (unpaired) electrons.